The number of nitrogens with zero attached hydrogens (tertiary/aromatic N) is 1. The number of amides is 1. The molecule has 2 aromatic rings. The number of halogens is 1. The van der Waals surface area contributed by atoms with Crippen LogP contribution in [0, 0.1) is 10.1 Å². The predicted molar refractivity (Wildman–Crippen MR) is 88.7 cm³/mol. The lowest BCUT2D eigenvalue weighted by molar-refractivity contribution is -0.384. The maximum atomic E-state index is 11.9. The van der Waals surface area contributed by atoms with E-state index in [9.17, 15) is 19.7 Å². The lowest BCUT2D eigenvalue weighted by Crippen LogP contribution is -2.20. The van der Waals surface area contributed by atoms with Gasteiger partial charge in [-0.25, -0.2) is 0 Å². The van der Waals surface area contributed by atoms with E-state index in [2.05, 4.69) is 5.32 Å². The summed E-state index contributed by atoms with van der Waals surface area (Å²) in [5.74, 6) is -0.314. The summed E-state index contributed by atoms with van der Waals surface area (Å²) in [5, 5.41) is 13.2. The van der Waals surface area contributed by atoms with E-state index in [1.807, 2.05) is 0 Å². The number of rotatable bonds is 6. The number of nitro benzene ring substituents is 1. The van der Waals surface area contributed by atoms with Crippen LogP contribution in [0.4, 0.5) is 11.4 Å². The second-order valence-electron chi connectivity index (χ2n) is 4.84. The van der Waals surface area contributed by atoms with E-state index in [0.717, 1.165) is 0 Å². The van der Waals surface area contributed by atoms with Gasteiger partial charge in [-0.2, -0.15) is 0 Å². The molecular weight excluding hydrogens is 336 g/mol. The first-order valence-corrected chi connectivity index (χ1v) is 7.22. The van der Waals surface area contributed by atoms with Gasteiger partial charge in [-0.15, -0.1) is 0 Å². The molecule has 2 aromatic carbocycles. The summed E-state index contributed by atoms with van der Waals surface area (Å²) in [6.45, 7) is 1.13. The van der Waals surface area contributed by atoms with E-state index in [0.29, 0.717) is 11.3 Å². The number of carbonyl (C=O) groups is 2. The lowest BCUT2D eigenvalue weighted by atomic mass is 10.1. The van der Waals surface area contributed by atoms with Gasteiger partial charge in [0.25, 0.3) is 11.6 Å². The number of hydrogen-bond donors (Lipinski definition) is 1. The summed E-state index contributed by atoms with van der Waals surface area (Å²) < 4.78 is 5.25. The van der Waals surface area contributed by atoms with Crippen LogP contribution >= 0.6 is 11.6 Å². The van der Waals surface area contributed by atoms with Crippen LogP contribution < -0.4 is 10.1 Å². The van der Waals surface area contributed by atoms with Gasteiger partial charge in [0.1, 0.15) is 10.8 Å². The van der Waals surface area contributed by atoms with E-state index >= 15 is 0 Å². The van der Waals surface area contributed by atoms with Crippen LogP contribution in [-0.2, 0) is 4.79 Å². The van der Waals surface area contributed by atoms with Crippen molar-refractivity contribution in [1.82, 2.24) is 0 Å². The zero-order valence-corrected chi connectivity index (χ0v) is 13.4. The molecule has 1 N–H and O–H groups in total. The molecule has 0 atom stereocenters. The van der Waals surface area contributed by atoms with Crippen LogP contribution in [0.1, 0.15) is 17.3 Å². The molecule has 0 radical (unpaired) electrons. The van der Waals surface area contributed by atoms with Gasteiger partial charge in [0.2, 0.25) is 0 Å². The van der Waals surface area contributed by atoms with Crippen LogP contribution in [0.25, 0.3) is 0 Å². The highest BCUT2D eigenvalue weighted by molar-refractivity contribution is 6.32. The van der Waals surface area contributed by atoms with Crippen LogP contribution in [0.3, 0.4) is 0 Å². The fraction of sp³-hybridized carbons (Fsp3) is 0.125. The number of benzene rings is 2. The molecule has 0 aliphatic carbocycles. The average Bonchev–Trinajstić information content (AvgIpc) is 2.53. The third-order valence-corrected chi connectivity index (χ3v) is 3.34. The third kappa shape index (κ3) is 4.53. The molecule has 0 spiro atoms. The Balaban J connectivity index is 1.96. The van der Waals surface area contributed by atoms with Gasteiger partial charge in [0, 0.05) is 23.4 Å². The molecule has 0 heterocycles. The van der Waals surface area contributed by atoms with Gasteiger partial charge in [0.15, 0.2) is 12.4 Å². The Labute approximate surface area is 142 Å². The molecule has 8 heteroatoms. The van der Waals surface area contributed by atoms with Gasteiger partial charge < -0.3 is 10.1 Å². The van der Waals surface area contributed by atoms with Crippen LogP contribution in [0.15, 0.2) is 42.5 Å². The fourth-order valence-corrected chi connectivity index (χ4v) is 2.13. The molecule has 124 valence electrons. The second-order valence-corrected chi connectivity index (χ2v) is 5.25. The zero-order chi connectivity index (χ0) is 17.7. The van der Waals surface area contributed by atoms with Gasteiger partial charge in [-0.1, -0.05) is 23.7 Å². The molecule has 0 saturated heterocycles. The molecule has 24 heavy (non-hydrogen) atoms. The standard InChI is InChI=1S/C16H13ClN2O5/c1-10(20)11-3-2-4-12(7-11)18-16(21)9-24-13-5-6-15(19(22)23)14(17)8-13/h2-8H,9H2,1H3,(H,18,21). The largest absolute Gasteiger partial charge is 0.484 e. The quantitative estimate of drug-likeness (QED) is 0.489. The Bertz CT molecular complexity index is 807. The molecule has 0 unspecified atom stereocenters. The van der Waals surface area contributed by atoms with Crippen LogP contribution in [0.5, 0.6) is 5.75 Å². The minimum absolute atomic E-state index is 0.0768. The second kappa shape index (κ2) is 7.56. The van der Waals surface area contributed by atoms with Gasteiger partial charge in [-0.3, -0.25) is 19.7 Å². The first kappa shape index (κ1) is 17.4. The SMILES string of the molecule is CC(=O)c1cccc(NC(=O)COc2ccc([N+](=O)[O-])c(Cl)c2)c1. The van der Waals surface area contributed by atoms with Crippen molar-refractivity contribution >= 4 is 34.7 Å². The zero-order valence-electron chi connectivity index (χ0n) is 12.6. The smallest absolute Gasteiger partial charge is 0.288 e. The molecule has 0 aliphatic rings. The molecular formula is C16H13ClN2O5. The number of hydrogen-bond acceptors (Lipinski definition) is 5. The van der Waals surface area contributed by atoms with Crippen molar-refractivity contribution in [3.63, 3.8) is 0 Å². The Kier molecular flexibility index (Phi) is 5.49. The average molecular weight is 349 g/mol. The summed E-state index contributed by atoms with van der Waals surface area (Å²) in [7, 11) is 0. The molecule has 0 aromatic heterocycles. The number of ketones is 1. The maximum absolute atomic E-state index is 11.9. The summed E-state index contributed by atoms with van der Waals surface area (Å²) in [6, 6.07) is 10.3. The number of Topliss-reactive ketones (excluding diaryl/α,β-unsaturated/α-hetero) is 1. The van der Waals surface area contributed by atoms with E-state index in [-0.39, 0.29) is 28.8 Å². The molecule has 7 nitrogen and oxygen atoms in total. The molecule has 2 rings (SSSR count). The number of nitro groups is 1. The highest BCUT2D eigenvalue weighted by Gasteiger charge is 2.13. The highest BCUT2D eigenvalue weighted by Crippen LogP contribution is 2.28. The molecule has 0 aliphatic heterocycles. The Hall–Kier alpha value is -2.93. The van der Waals surface area contributed by atoms with Crippen molar-refractivity contribution in [2.24, 2.45) is 0 Å². The third-order valence-electron chi connectivity index (χ3n) is 3.04. The molecule has 0 saturated carbocycles. The Morgan fingerprint density at radius 3 is 2.62 bits per heavy atom. The maximum Gasteiger partial charge on any atom is 0.288 e. The minimum Gasteiger partial charge on any atom is -0.484 e. The van der Waals surface area contributed by atoms with E-state index < -0.39 is 10.8 Å². The number of ether oxygens (including phenoxy) is 1. The molecule has 1 amide bonds. The van der Waals surface area contributed by atoms with Gasteiger partial charge in [0.05, 0.1) is 4.92 Å². The topological polar surface area (TPSA) is 98.5 Å². The normalized spacial score (nSPS) is 10.1. The van der Waals surface area contributed by atoms with Crippen molar-refractivity contribution < 1.29 is 19.2 Å². The van der Waals surface area contributed by atoms with E-state index in [1.54, 1.807) is 24.3 Å². The Morgan fingerprint density at radius 2 is 2.00 bits per heavy atom. The first-order chi connectivity index (χ1) is 11.4. The summed E-state index contributed by atoms with van der Waals surface area (Å²) in [6.07, 6.45) is 0. The van der Waals surface area contributed by atoms with Crippen molar-refractivity contribution in [1.29, 1.82) is 0 Å². The van der Waals surface area contributed by atoms with Crippen LogP contribution in [0.2, 0.25) is 5.02 Å². The van der Waals surface area contributed by atoms with Crippen LogP contribution in [-0.4, -0.2) is 23.2 Å². The number of nitrogens with one attached hydrogen (secondary N) is 1. The number of anilines is 1. The minimum atomic E-state index is -0.610. The van der Waals surface area contributed by atoms with E-state index in [1.165, 1.54) is 25.1 Å². The Morgan fingerprint density at radius 1 is 1.25 bits per heavy atom. The fourth-order valence-electron chi connectivity index (χ4n) is 1.89. The highest BCUT2D eigenvalue weighted by atomic mass is 35.5. The molecule has 0 bridgehead atoms. The van der Waals surface area contributed by atoms with Gasteiger partial charge in [-0.05, 0) is 25.1 Å². The monoisotopic (exact) mass is 348 g/mol. The van der Waals surface area contributed by atoms with Crippen molar-refractivity contribution in [2.45, 2.75) is 6.92 Å². The molecule has 0 fully saturated rings. The van der Waals surface area contributed by atoms with Gasteiger partial charge >= 0.3 is 0 Å². The van der Waals surface area contributed by atoms with Crippen molar-refractivity contribution in [3.8, 4) is 5.75 Å². The van der Waals surface area contributed by atoms with E-state index in [4.69, 9.17) is 16.3 Å². The lowest BCUT2D eigenvalue weighted by Gasteiger charge is -2.08. The summed E-state index contributed by atoms with van der Waals surface area (Å²) >= 11 is 5.76. The summed E-state index contributed by atoms with van der Waals surface area (Å²) in [4.78, 5) is 33.2. The number of carbonyl (C=O) groups excluding carboxylic acids is 2. The summed E-state index contributed by atoms with van der Waals surface area (Å²) in [5.41, 5.74) is 0.711. The predicted octanol–water partition coefficient (Wildman–Crippen LogP) is 3.47. The first-order valence-electron chi connectivity index (χ1n) is 6.84. The van der Waals surface area contributed by atoms with Crippen molar-refractivity contribution in [2.75, 3.05) is 11.9 Å². The van der Waals surface area contributed by atoms with Crippen molar-refractivity contribution in [3.05, 3.63) is 63.2 Å².